The normalized spacial score (nSPS) is 10.9. The molecular weight excluding hydrogens is 252 g/mol. The van der Waals surface area contributed by atoms with Gasteiger partial charge in [0.1, 0.15) is 0 Å². The lowest BCUT2D eigenvalue weighted by atomic mass is 10.1. The molecule has 0 saturated carbocycles. The van der Waals surface area contributed by atoms with Crippen molar-refractivity contribution in [3.8, 4) is 0 Å². The Morgan fingerprint density at radius 1 is 1.15 bits per heavy atom. The van der Waals surface area contributed by atoms with Crippen molar-refractivity contribution in [2.45, 2.75) is 11.8 Å². The lowest BCUT2D eigenvalue weighted by Gasteiger charge is -2.05. The minimum atomic E-state index is -2.99. The summed E-state index contributed by atoms with van der Waals surface area (Å²) in [5.74, 6) is -2.68. The van der Waals surface area contributed by atoms with Gasteiger partial charge in [0.05, 0.1) is 5.56 Å². The summed E-state index contributed by atoms with van der Waals surface area (Å²) in [6.07, 6.45) is -2.99. The van der Waals surface area contributed by atoms with E-state index in [9.17, 15) is 17.6 Å². The zero-order chi connectivity index (χ0) is 10.0. The minimum absolute atomic E-state index is 0.0295. The van der Waals surface area contributed by atoms with Crippen molar-refractivity contribution in [1.29, 1.82) is 0 Å². The third-order valence-electron chi connectivity index (χ3n) is 1.57. The Bertz CT molecular complexity index is 311. The SMILES string of the molecule is Fc1c(CBr)ccc(C(F)F)c1F. The van der Waals surface area contributed by atoms with Gasteiger partial charge in [-0.3, -0.25) is 0 Å². The van der Waals surface area contributed by atoms with Gasteiger partial charge in [-0.15, -0.1) is 0 Å². The van der Waals surface area contributed by atoms with Gasteiger partial charge in [0.25, 0.3) is 6.43 Å². The van der Waals surface area contributed by atoms with E-state index in [1.165, 1.54) is 0 Å². The van der Waals surface area contributed by atoms with Crippen LogP contribution in [0.1, 0.15) is 17.6 Å². The predicted octanol–water partition coefficient (Wildman–Crippen LogP) is 3.80. The molecule has 0 bridgehead atoms. The molecule has 1 aromatic rings. The average molecular weight is 257 g/mol. The van der Waals surface area contributed by atoms with Gasteiger partial charge in [0, 0.05) is 10.9 Å². The molecule has 5 heteroatoms. The quantitative estimate of drug-likeness (QED) is 0.558. The molecule has 72 valence electrons. The van der Waals surface area contributed by atoms with E-state index in [-0.39, 0.29) is 10.9 Å². The summed E-state index contributed by atoms with van der Waals surface area (Å²) in [7, 11) is 0. The van der Waals surface area contributed by atoms with Gasteiger partial charge in [0.2, 0.25) is 0 Å². The molecule has 0 heterocycles. The molecule has 0 aliphatic rings. The van der Waals surface area contributed by atoms with Crippen LogP contribution in [-0.2, 0) is 5.33 Å². The second-order valence-corrected chi connectivity index (χ2v) is 2.94. The van der Waals surface area contributed by atoms with E-state index >= 15 is 0 Å². The Balaban J connectivity index is 3.23. The summed E-state index contributed by atoms with van der Waals surface area (Å²) in [5.41, 5.74) is -0.871. The molecule has 1 rings (SSSR count). The lowest BCUT2D eigenvalue weighted by Crippen LogP contribution is -1.98. The summed E-state index contributed by atoms with van der Waals surface area (Å²) in [4.78, 5) is 0. The van der Waals surface area contributed by atoms with Crippen molar-refractivity contribution >= 4 is 15.9 Å². The molecule has 0 unspecified atom stereocenters. The van der Waals surface area contributed by atoms with Crippen LogP contribution < -0.4 is 0 Å². The molecule has 0 amide bonds. The molecule has 0 spiro atoms. The van der Waals surface area contributed by atoms with E-state index in [2.05, 4.69) is 15.9 Å². The molecular formula is C8H5BrF4. The van der Waals surface area contributed by atoms with Gasteiger partial charge in [-0.1, -0.05) is 22.0 Å². The van der Waals surface area contributed by atoms with Crippen LogP contribution >= 0.6 is 15.9 Å². The first-order valence-corrected chi connectivity index (χ1v) is 4.51. The molecule has 0 nitrogen and oxygen atoms in total. The van der Waals surface area contributed by atoms with E-state index in [4.69, 9.17) is 0 Å². The third kappa shape index (κ3) is 2.02. The van der Waals surface area contributed by atoms with E-state index in [0.29, 0.717) is 0 Å². The highest BCUT2D eigenvalue weighted by atomic mass is 79.9. The first-order valence-electron chi connectivity index (χ1n) is 3.38. The third-order valence-corrected chi connectivity index (χ3v) is 2.18. The zero-order valence-electron chi connectivity index (χ0n) is 6.33. The summed E-state index contributed by atoms with van der Waals surface area (Å²) in [6.45, 7) is 0. The standard InChI is InChI=1S/C8H5BrF4/c9-3-4-1-2-5(8(12)13)7(11)6(4)10/h1-2,8H,3H2. The number of alkyl halides is 3. The van der Waals surface area contributed by atoms with Crippen LogP contribution in [-0.4, -0.2) is 0 Å². The first-order chi connectivity index (χ1) is 6.07. The average Bonchev–Trinajstić information content (AvgIpc) is 2.09. The van der Waals surface area contributed by atoms with Crippen molar-refractivity contribution < 1.29 is 17.6 Å². The van der Waals surface area contributed by atoms with Gasteiger partial charge < -0.3 is 0 Å². The molecule has 0 fully saturated rings. The molecule has 0 saturated heterocycles. The molecule has 0 radical (unpaired) electrons. The molecule has 13 heavy (non-hydrogen) atoms. The van der Waals surface area contributed by atoms with Gasteiger partial charge in [-0.05, 0) is 6.07 Å². The molecule has 0 aromatic heterocycles. The van der Waals surface area contributed by atoms with E-state index in [1.54, 1.807) is 0 Å². The fourth-order valence-corrected chi connectivity index (χ4v) is 1.31. The summed E-state index contributed by atoms with van der Waals surface area (Å²) < 4.78 is 49.8. The second-order valence-electron chi connectivity index (χ2n) is 2.38. The Morgan fingerprint density at radius 3 is 2.23 bits per heavy atom. The van der Waals surface area contributed by atoms with Crippen LogP contribution in [0.3, 0.4) is 0 Å². The highest BCUT2D eigenvalue weighted by Gasteiger charge is 2.18. The Kier molecular flexibility index (Phi) is 3.30. The van der Waals surface area contributed by atoms with Crippen LogP contribution in [0, 0.1) is 11.6 Å². The van der Waals surface area contributed by atoms with Gasteiger partial charge >= 0.3 is 0 Å². The maximum Gasteiger partial charge on any atom is 0.266 e. The van der Waals surface area contributed by atoms with E-state index in [1.807, 2.05) is 0 Å². The van der Waals surface area contributed by atoms with Crippen molar-refractivity contribution in [1.82, 2.24) is 0 Å². The van der Waals surface area contributed by atoms with Crippen LogP contribution in [0.15, 0.2) is 12.1 Å². The predicted molar refractivity (Wildman–Crippen MR) is 43.9 cm³/mol. The summed E-state index contributed by atoms with van der Waals surface area (Å²) >= 11 is 2.91. The van der Waals surface area contributed by atoms with Gasteiger partial charge in [-0.25, -0.2) is 17.6 Å². The Hall–Kier alpha value is -0.580. The number of halogens is 5. The summed E-state index contributed by atoms with van der Waals surface area (Å²) in [5, 5.41) is 0.0965. The largest absolute Gasteiger partial charge is 0.266 e. The lowest BCUT2D eigenvalue weighted by molar-refractivity contribution is 0.145. The van der Waals surface area contributed by atoms with Crippen molar-refractivity contribution in [2.75, 3.05) is 0 Å². The van der Waals surface area contributed by atoms with E-state index < -0.39 is 23.6 Å². The Labute approximate surface area is 80.7 Å². The number of hydrogen-bond acceptors (Lipinski definition) is 0. The fourth-order valence-electron chi connectivity index (χ4n) is 0.876. The van der Waals surface area contributed by atoms with Crippen molar-refractivity contribution in [2.24, 2.45) is 0 Å². The van der Waals surface area contributed by atoms with Crippen molar-refractivity contribution in [3.05, 3.63) is 34.9 Å². The summed E-state index contributed by atoms with van der Waals surface area (Å²) in [6, 6.07) is 2.02. The maximum atomic E-state index is 12.9. The molecule has 1 aromatic carbocycles. The monoisotopic (exact) mass is 256 g/mol. The van der Waals surface area contributed by atoms with E-state index in [0.717, 1.165) is 12.1 Å². The maximum absolute atomic E-state index is 12.9. The Morgan fingerprint density at radius 2 is 1.77 bits per heavy atom. The number of rotatable bonds is 2. The highest BCUT2D eigenvalue weighted by molar-refractivity contribution is 9.08. The molecule has 0 atom stereocenters. The van der Waals surface area contributed by atoms with Crippen LogP contribution in [0.2, 0.25) is 0 Å². The minimum Gasteiger partial charge on any atom is -0.205 e. The number of hydrogen-bond donors (Lipinski definition) is 0. The molecule has 0 N–H and O–H groups in total. The van der Waals surface area contributed by atoms with Gasteiger partial charge in [0.15, 0.2) is 11.6 Å². The van der Waals surface area contributed by atoms with Crippen LogP contribution in [0.25, 0.3) is 0 Å². The topological polar surface area (TPSA) is 0 Å². The smallest absolute Gasteiger partial charge is 0.205 e. The highest BCUT2D eigenvalue weighted by Crippen LogP contribution is 2.26. The van der Waals surface area contributed by atoms with Crippen LogP contribution in [0.4, 0.5) is 17.6 Å². The van der Waals surface area contributed by atoms with Crippen molar-refractivity contribution in [3.63, 3.8) is 0 Å². The number of benzene rings is 1. The van der Waals surface area contributed by atoms with Crippen LogP contribution in [0.5, 0.6) is 0 Å². The molecule has 0 aliphatic carbocycles. The molecule has 0 aliphatic heterocycles. The first kappa shape index (κ1) is 10.5. The zero-order valence-corrected chi connectivity index (χ0v) is 7.91. The second kappa shape index (κ2) is 4.09. The van der Waals surface area contributed by atoms with Gasteiger partial charge in [-0.2, -0.15) is 0 Å². The fraction of sp³-hybridized carbons (Fsp3) is 0.250.